The first-order chi connectivity index (χ1) is 16.9. The Balaban J connectivity index is 0.000000196. The summed E-state index contributed by atoms with van der Waals surface area (Å²) in [5, 5.41) is 9.12. The molecule has 2 aromatic carbocycles. The van der Waals surface area contributed by atoms with Crippen LogP contribution in [0.4, 0.5) is 0 Å². The Labute approximate surface area is 206 Å². The zero-order valence-electron chi connectivity index (χ0n) is 20.0. The third-order valence-corrected chi connectivity index (χ3v) is 5.75. The fourth-order valence-corrected chi connectivity index (χ4v) is 3.92. The van der Waals surface area contributed by atoms with Gasteiger partial charge >= 0.3 is 11.9 Å². The fourth-order valence-electron chi connectivity index (χ4n) is 3.92. The van der Waals surface area contributed by atoms with Crippen molar-refractivity contribution >= 4 is 11.9 Å². The molecule has 0 radical (unpaired) electrons. The molecule has 1 N–H and O–H groups in total. The molecule has 8 nitrogen and oxygen atoms in total. The van der Waals surface area contributed by atoms with Crippen molar-refractivity contribution < 1.29 is 28.9 Å². The highest BCUT2D eigenvalue weighted by atomic mass is 16.5. The standard InChI is InChI=1S/C14H17NO3.C13H15NO3/c1-11-8-15(9-12-6-4-3-5-7-12)13(10-18-11)14(16)17-2;1-10-7-14(12(9-17-10)13(15)16)8-11-5-3-2-4-6-11/h3-7,13H,1,8-10H2,2H3;2-6,12H,1,7-9H2,(H,15,16). The third-order valence-electron chi connectivity index (χ3n) is 5.75. The first kappa shape index (κ1) is 26.0. The summed E-state index contributed by atoms with van der Waals surface area (Å²) in [4.78, 5) is 26.7. The van der Waals surface area contributed by atoms with Crippen molar-refractivity contribution in [2.24, 2.45) is 0 Å². The number of carboxylic acid groups (broad SMARTS) is 1. The lowest BCUT2D eigenvalue weighted by Crippen LogP contribution is -2.48. The molecule has 0 aromatic heterocycles. The molecule has 2 aliphatic rings. The van der Waals surface area contributed by atoms with E-state index >= 15 is 0 Å². The third kappa shape index (κ3) is 7.70. The quantitative estimate of drug-likeness (QED) is 0.632. The lowest BCUT2D eigenvalue weighted by molar-refractivity contribution is -0.151. The SMILES string of the molecule is C=C1CN(Cc2ccccc2)C(C(=O)O)CO1.C=C1CN(Cc2ccccc2)C(C(=O)OC)CO1. The second-order valence-electron chi connectivity index (χ2n) is 8.37. The summed E-state index contributed by atoms with van der Waals surface area (Å²) < 4.78 is 15.3. The van der Waals surface area contributed by atoms with Gasteiger partial charge < -0.3 is 19.3 Å². The van der Waals surface area contributed by atoms with E-state index in [1.54, 1.807) is 0 Å². The topological polar surface area (TPSA) is 88.5 Å². The molecule has 0 aliphatic carbocycles. The molecule has 2 fully saturated rings. The molecule has 2 aromatic rings. The van der Waals surface area contributed by atoms with E-state index in [9.17, 15) is 9.59 Å². The van der Waals surface area contributed by atoms with Gasteiger partial charge in [-0.15, -0.1) is 0 Å². The van der Waals surface area contributed by atoms with Crippen molar-refractivity contribution in [3.05, 3.63) is 96.5 Å². The van der Waals surface area contributed by atoms with Gasteiger partial charge in [-0.1, -0.05) is 73.8 Å². The number of esters is 1. The van der Waals surface area contributed by atoms with Crippen LogP contribution in [0.15, 0.2) is 85.3 Å². The Kier molecular flexibility index (Phi) is 9.46. The van der Waals surface area contributed by atoms with Crippen LogP contribution in [-0.2, 0) is 36.9 Å². The highest BCUT2D eigenvalue weighted by Crippen LogP contribution is 2.18. The summed E-state index contributed by atoms with van der Waals surface area (Å²) in [5.41, 5.74) is 2.24. The summed E-state index contributed by atoms with van der Waals surface area (Å²) in [5.74, 6) is 0.191. The summed E-state index contributed by atoms with van der Waals surface area (Å²) in [6, 6.07) is 18.8. The van der Waals surface area contributed by atoms with Crippen LogP contribution in [0.3, 0.4) is 0 Å². The molecule has 0 amide bonds. The Morgan fingerprint density at radius 1 is 0.857 bits per heavy atom. The maximum atomic E-state index is 11.7. The molecule has 0 spiro atoms. The van der Waals surface area contributed by atoms with Gasteiger partial charge in [0.15, 0.2) is 0 Å². The average molecular weight is 481 g/mol. The molecule has 0 bridgehead atoms. The molecule has 4 rings (SSSR count). The number of aliphatic carboxylic acids is 1. The van der Waals surface area contributed by atoms with Crippen LogP contribution in [0, 0.1) is 0 Å². The molecule has 2 unspecified atom stereocenters. The van der Waals surface area contributed by atoms with Crippen molar-refractivity contribution in [3.63, 3.8) is 0 Å². The van der Waals surface area contributed by atoms with Crippen molar-refractivity contribution in [2.75, 3.05) is 33.4 Å². The van der Waals surface area contributed by atoms with E-state index in [1.165, 1.54) is 7.11 Å². The predicted molar refractivity (Wildman–Crippen MR) is 131 cm³/mol. The number of rotatable bonds is 6. The van der Waals surface area contributed by atoms with Crippen LogP contribution < -0.4 is 0 Å². The van der Waals surface area contributed by atoms with Crippen molar-refractivity contribution in [1.82, 2.24) is 9.80 Å². The van der Waals surface area contributed by atoms with E-state index in [4.69, 9.17) is 19.3 Å². The number of morpholine rings is 2. The van der Waals surface area contributed by atoms with Gasteiger partial charge in [-0.3, -0.25) is 19.4 Å². The van der Waals surface area contributed by atoms with E-state index in [0.717, 1.165) is 11.1 Å². The van der Waals surface area contributed by atoms with Gasteiger partial charge in [0, 0.05) is 13.1 Å². The summed E-state index contributed by atoms with van der Waals surface area (Å²) in [7, 11) is 1.40. The monoisotopic (exact) mass is 480 g/mol. The van der Waals surface area contributed by atoms with Gasteiger partial charge in [0.05, 0.1) is 20.2 Å². The molecule has 2 heterocycles. The molecular weight excluding hydrogens is 448 g/mol. The van der Waals surface area contributed by atoms with Crippen LogP contribution in [0.5, 0.6) is 0 Å². The smallest absolute Gasteiger partial charge is 0.326 e. The average Bonchev–Trinajstić information content (AvgIpc) is 2.85. The predicted octanol–water partition coefficient (Wildman–Crippen LogP) is 3.06. The normalized spacial score (nSPS) is 20.6. The van der Waals surface area contributed by atoms with Crippen molar-refractivity contribution in [3.8, 4) is 0 Å². The summed E-state index contributed by atoms with van der Waals surface area (Å²) >= 11 is 0. The van der Waals surface area contributed by atoms with E-state index in [-0.39, 0.29) is 18.6 Å². The van der Waals surface area contributed by atoms with Gasteiger partial charge in [0.25, 0.3) is 0 Å². The molecule has 0 saturated carbocycles. The number of carboxylic acids is 1. The van der Waals surface area contributed by atoms with E-state index in [0.29, 0.717) is 44.3 Å². The van der Waals surface area contributed by atoms with Crippen molar-refractivity contribution in [2.45, 2.75) is 25.2 Å². The van der Waals surface area contributed by atoms with Crippen LogP contribution >= 0.6 is 0 Å². The lowest BCUT2D eigenvalue weighted by atomic mass is 10.1. The van der Waals surface area contributed by atoms with Gasteiger partial charge in [-0.25, -0.2) is 0 Å². The fraction of sp³-hybridized carbons (Fsp3) is 0.333. The number of ether oxygens (including phenoxy) is 3. The largest absolute Gasteiger partial charge is 0.495 e. The number of carbonyl (C=O) groups excluding carboxylic acids is 1. The molecule has 2 aliphatic heterocycles. The number of methoxy groups -OCH3 is 1. The van der Waals surface area contributed by atoms with E-state index < -0.39 is 12.0 Å². The Bertz CT molecular complexity index is 1010. The minimum Gasteiger partial charge on any atom is -0.495 e. The zero-order chi connectivity index (χ0) is 25.2. The maximum absolute atomic E-state index is 11.7. The number of benzene rings is 2. The summed E-state index contributed by atoms with van der Waals surface area (Å²) in [6.07, 6.45) is 0. The molecule has 8 heteroatoms. The summed E-state index contributed by atoms with van der Waals surface area (Å²) in [6.45, 7) is 10.3. The first-order valence-corrected chi connectivity index (χ1v) is 11.3. The number of nitrogens with zero attached hydrogens (tertiary/aromatic N) is 2. The molecule has 2 saturated heterocycles. The Hall–Kier alpha value is -3.62. The molecule has 35 heavy (non-hydrogen) atoms. The number of hydrogen-bond acceptors (Lipinski definition) is 7. The van der Waals surface area contributed by atoms with Crippen LogP contribution in [0.2, 0.25) is 0 Å². The molecular formula is C27H32N2O6. The molecule has 2 atom stereocenters. The first-order valence-electron chi connectivity index (χ1n) is 11.3. The maximum Gasteiger partial charge on any atom is 0.326 e. The minimum absolute atomic E-state index is 0.168. The second kappa shape index (κ2) is 12.7. The Morgan fingerprint density at radius 3 is 1.71 bits per heavy atom. The highest BCUT2D eigenvalue weighted by Gasteiger charge is 2.32. The Morgan fingerprint density at radius 2 is 1.29 bits per heavy atom. The van der Waals surface area contributed by atoms with Crippen LogP contribution in [0.25, 0.3) is 0 Å². The van der Waals surface area contributed by atoms with Gasteiger partial charge in [-0.2, -0.15) is 0 Å². The second-order valence-corrected chi connectivity index (χ2v) is 8.37. The van der Waals surface area contributed by atoms with E-state index in [2.05, 4.69) is 13.2 Å². The number of hydrogen-bond donors (Lipinski definition) is 1. The minimum atomic E-state index is -0.853. The number of carbonyl (C=O) groups is 2. The highest BCUT2D eigenvalue weighted by molar-refractivity contribution is 5.76. The zero-order valence-corrected chi connectivity index (χ0v) is 20.0. The van der Waals surface area contributed by atoms with Gasteiger partial charge in [0.2, 0.25) is 0 Å². The van der Waals surface area contributed by atoms with Gasteiger partial charge in [0.1, 0.15) is 36.8 Å². The van der Waals surface area contributed by atoms with Crippen molar-refractivity contribution in [1.29, 1.82) is 0 Å². The lowest BCUT2D eigenvalue weighted by Gasteiger charge is -2.34. The van der Waals surface area contributed by atoms with Crippen LogP contribution in [0.1, 0.15) is 11.1 Å². The van der Waals surface area contributed by atoms with Crippen LogP contribution in [-0.4, -0.2) is 72.3 Å². The van der Waals surface area contributed by atoms with Gasteiger partial charge in [-0.05, 0) is 11.1 Å². The van der Waals surface area contributed by atoms with E-state index in [1.807, 2.05) is 70.5 Å². The molecule has 186 valence electrons.